The quantitative estimate of drug-likeness (QED) is 0.922. The molecule has 1 saturated heterocycles. The first kappa shape index (κ1) is 16.9. The van der Waals surface area contributed by atoms with Crippen molar-refractivity contribution < 1.29 is 14.3 Å². The molecule has 2 aliphatic heterocycles. The number of nitrogens with one attached hydrogen (secondary N) is 1. The van der Waals surface area contributed by atoms with Gasteiger partial charge in [-0.05, 0) is 42.2 Å². The number of fused-ring (bicyclic) bond motifs is 3. The van der Waals surface area contributed by atoms with Gasteiger partial charge in [-0.3, -0.25) is 9.69 Å². The molecule has 136 valence electrons. The topological polar surface area (TPSA) is 50.8 Å². The molecular weight excluding hydrogens is 328 g/mol. The Morgan fingerprint density at radius 3 is 2.42 bits per heavy atom. The average molecular weight is 352 g/mol. The van der Waals surface area contributed by atoms with Crippen LogP contribution in [0.25, 0.3) is 0 Å². The Morgan fingerprint density at radius 1 is 1.04 bits per heavy atom. The van der Waals surface area contributed by atoms with Crippen LogP contribution in [-0.2, 0) is 11.2 Å². The maximum atomic E-state index is 12.5. The van der Waals surface area contributed by atoms with Crippen molar-refractivity contribution in [3.63, 3.8) is 0 Å². The molecule has 0 spiro atoms. The Morgan fingerprint density at radius 2 is 1.73 bits per heavy atom. The van der Waals surface area contributed by atoms with E-state index in [9.17, 15) is 4.79 Å². The van der Waals surface area contributed by atoms with Gasteiger partial charge in [-0.25, -0.2) is 0 Å². The highest BCUT2D eigenvalue weighted by molar-refractivity contribution is 5.78. The maximum absolute atomic E-state index is 12.5. The van der Waals surface area contributed by atoms with Crippen molar-refractivity contribution in [2.24, 2.45) is 0 Å². The summed E-state index contributed by atoms with van der Waals surface area (Å²) in [5.41, 5.74) is 3.51. The maximum Gasteiger partial charge on any atom is 0.223 e. The molecule has 4 rings (SSSR count). The van der Waals surface area contributed by atoms with E-state index in [0.29, 0.717) is 18.2 Å². The van der Waals surface area contributed by atoms with E-state index in [1.807, 2.05) is 24.3 Å². The molecule has 0 saturated carbocycles. The molecule has 1 amide bonds. The molecule has 0 radical (unpaired) electrons. The monoisotopic (exact) mass is 352 g/mol. The summed E-state index contributed by atoms with van der Waals surface area (Å²) in [5.74, 6) is 1.53. The summed E-state index contributed by atoms with van der Waals surface area (Å²) in [4.78, 5) is 14.9. The van der Waals surface area contributed by atoms with Crippen LogP contribution < -0.4 is 14.8 Å². The number of methoxy groups -OCH3 is 2. The van der Waals surface area contributed by atoms with Gasteiger partial charge in [0.1, 0.15) is 6.17 Å². The molecule has 2 aromatic carbocycles. The highest BCUT2D eigenvalue weighted by atomic mass is 16.5. The molecule has 1 N–H and O–H groups in total. The van der Waals surface area contributed by atoms with Crippen LogP contribution in [0.1, 0.15) is 42.2 Å². The van der Waals surface area contributed by atoms with Crippen molar-refractivity contribution >= 4 is 5.91 Å². The van der Waals surface area contributed by atoms with E-state index >= 15 is 0 Å². The molecule has 3 atom stereocenters. The van der Waals surface area contributed by atoms with Crippen molar-refractivity contribution in [3.05, 3.63) is 59.2 Å². The lowest BCUT2D eigenvalue weighted by Gasteiger charge is -2.49. The van der Waals surface area contributed by atoms with Gasteiger partial charge in [0, 0.05) is 18.5 Å². The van der Waals surface area contributed by atoms with Crippen molar-refractivity contribution in [1.82, 2.24) is 10.2 Å². The van der Waals surface area contributed by atoms with Crippen LogP contribution in [0.4, 0.5) is 0 Å². The first-order valence-electron chi connectivity index (χ1n) is 8.99. The van der Waals surface area contributed by atoms with E-state index in [2.05, 4.69) is 35.3 Å². The Hall–Kier alpha value is -2.53. The average Bonchev–Trinajstić information content (AvgIpc) is 2.67. The van der Waals surface area contributed by atoms with Gasteiger partial charge in [-0.1, -0.05) is 30.3 Å². The molecule has 26 heavy (non-hydrogen) atoms. The predicted octanol–water partition coefficient (Wildman–Crippen LogP) is 3.21. The minimum atomic E-state index is -0.112. The van der Waals surface area contributed by atoms with E-state index in [1.165, 1.54) is 5.56 Å². The van der Waals surface area contributed by atoms with Gasteiger partial charge in [0.2, 0.25) is 5.91 Å². The Labute approximate surface area is 153 Å². The molecule has 2 aliphatic rings. The van der Waals surface area contributed by atoms with Gasteiger partial charge >= 0.3 is 0 Å². The van der Waals surface area contributed by atoms with Crippen LogP contribution in [0.3, 0.4) is 0 Å². The minimum Gasteiger partial charge on any atom is -0.493 e. The van der Waals surface area contributed by atoms with Crippen LogP contribution in [0.5, 0.6) is 11.5 Å². The third-order valence-corrected chi connectivity index (χ3v) is 5.48. The van der Waals surface area contributed by atoms with Gasteiger partial charge in [0.05, 0.1) is 14.2 Å². The number of hydrogen-bond acceptors (Lipinski definition) is 4. The number of hydrogen-bond donors (Lipinski definition) is 1. The molecule has 0 aliphatic carbocycles. The number of rotatable bonds is 3. The minimum absolute atomic E-state index is 0.0347. The number of nitrogens with zero attached hydrogens (tertiary/aromatic N) is 1. The van der Waals surface area contributed by atoms with Gasteiger partial charge in [-0.15, -0.1) is 0 Å². The van der Waals surface area contributed by atoms with Crippen molar-refractivity contribution in [2.45, 2.75) is 38.0 Å². The standard InChI is InChI=1S/C21H24N2O3/c1-13-9-15-10-18(25-2)19(26-3)11-16(15)17-12-20(24)22-21(23(13)17)14-7-5-4-6-8-14/h4-8,10-11,13,17,21H,9,12H2,1-3H3,(H,22,24)/t13-,17+,21+/m0/s1. The summed E-state index contributed by atoms with van der Waals surface area (Å²) in [6.07, 6.45) is 1.25. The van der Waals surface area contributed by atoms with Gasteiger partial charge in [-0.2, -0.15) is 0 Å². The largest absolute Gasteiger partial charge is 0.493 e. The molecule has 1 fully saturated rings. The van der Waals surface area contributed by atoms with Crippen LogP contribution in [-0.4, -0.2) is 31.1 Å². The first-order chi connectivity index (χ1) is 12.6. The van der Waals surface area contributed by atoms with Crippen molar-refractivity contribution in [2.75, 3.05) is 14.2 Å². The van der Waals surface area contributed by atoms with Crippen molar-refractivity contribution in [1.29, 1.82) is 0 Å². The molecule has 2 heterocycles. The van der Waals surface area contributed by atoms with E-state index in [0.717, 1.165) is 23.3 Å². The lowest BCUT2D eigenvalue weighted by atomic mass is 9.84. The predicted molar refractivity (Wildman–Crippen MR) is 99.2 cm³/mol. The summed E-state index contributed by atoms with van der Waals surface area (Å²) in [6.45, 7) is 2.22. The zero-order chi connectivity index (χ0) is 18.3. The fourth-order valence-electron chi connectivity index (χ4n) is 4.32. The van der Waals surface area contributed by atoms with E-state index in [-0.39, 0.29) is 18.1 Å². The van der Waals surface area contributed by atoms with Gasteiger partial charge < -0.3 is 14.8 Å². The molecular formula is C21H24N2O3. The first-order valence-corrected chi connectivity index (χ1v) is 8.99. The third kappa shape index (κ3) is 2.72. The number of carbonyl (C=O) groups excluding carboxylic acids is 1. The molecule has 0 unspecified atom stereocenters. The SMILES string of the molecule is COc1cc2c(cc1OC)[C@H]1CC(=O)N[C@@H](c3ccccc3)N1[C@@H](C)C2. The Kier molecular flexibility index (Phi) is 4.32. The zero-order valence-corrected chi connectivity index (χ0v) is 15.4. The van der Waals surface area contributed by atoms with E-state index in [1.54, 1.807) is 14.2 Å². The van der Waals surface area contributed by atoms with Crippen LogP contribution in [0.15, 0.2) is 42.5 Å². The summed E-state index contributed by atoms with van der Waals surface area (Å²) < 4.78 is 11.0. The van der Waals surface area contributed by atoms with Gasteiger partial charge in [0.25, 0.3) is 0 Å². The van der Waals surface area contributed by atoms with E-state index in [4.69, 9.17) is 9.47 Å². The highest BCUT2D eigenvalue weighted by Crippen LogP contribution is 2.45. The second-order valence-electron chi connectivity index (χ2n) is 7.01. The number of benzene rings is 2. The Bertz CT molecular complexity index is 822. The van der Waals surface area contributed by atoms with E-state index < -0.39 is 0 Å². The van der Waals surface area contributed by atoms with Crippen LogP contribution in [0.2, 0.25) is 0 Å². The summed E-state index contributed by atoms with van der Waals surface area (Å²) in [6, 6.07) is 14.6. The number of ether oxygens (including phenoxy) is 2. The van der Waals surface area contributed by atoms with Gasteiger partial charge in [0.15, 0.2) is 11.5 Å². The molecule has 2 aromatic rings. The van der Waals surface area contributed by atoms with Crippen LogP contribution in [0, 0.1) is 0 Å². The van der Waals surface area contributed by atoms with Crippen LogP contribution >= 0.6 is 0 Å². The molecule has 0 aromatic heterocycles. The normalized spacial score (nSPS) is 25.0. The molecule has 5 heteroatoms. The summed E-state index contributed by atoms with van der Waals surface area (Å²) >= 11 is 0. The third-order valence-electron chi connectivity index (χ3n) is 5.48. The fraction of sp³-hybridized carbons (Fsp3) is 0.381. The fourth-order valence-corrected chi connectivity index (χ4v) is 4.32. The number of amides is 1. The molecule has 5 nitrogen and oxygen atoms in total. The lowest BCUT2D eigenvalue weighted by molar-refractivity contribution is -0.131. The second-order valence-corrected chi connectivity index (χ2v) is 7.01. The Balaban J connectivity index is 1.80. The molecule has 0 bridgehead atoms. The smallest absolute Gasteiger partial charge is 0.223 e. The lowest BCUT2D eigenvalue weighted by Crippen LogP contribution is -2.55. The zero-order valence-electron chi connectivity index (χ0n) is 15.4. The summed E-state index contributed by atoms with van der Waals surface area (Å²) in [5, 5.41) is 3.18. The highest BCUT2D eigenvalue weighted by Gasteiger charge is 2.42. The summed E-state index contributed by atoms with van der Waals surface area (Å²) in [7, 11) is 3.30. The van der Waals surface area contributed by atoms with Crippen molar-refractivity contribution in [3.8, 4) is 11.5 Å². The number of carbonyl (C=O) groups is 1. The second kappa shape index (κ2) is 6.65.